The second-order valence-electron chi connectivity index (χ2n) is 5.02. The number of rotatable bonds is 2. The number of hydrogen-bond acceptors (Lipinski definition) is 2. The third-order valence-electron chi connectivity index (χ3n) is 3.87. The number of hydrogen-bond donors (Lipinski definition) is 2. The van der Waals surface area contributed by atoms with Crippen molar-refractivity contribution in [1.29, 1.82) is 0 Å². The van der Waals surface area contributed by atoms with Crippen LogP contribution in [0.5, 0.6) is 0 Å². The number of benzene rings is 1. The molecule has 0 bridgehead atoms. The van der Waals surface area contributed by atoms with E-state index in [1.165, 1.54) is 6.42 Å². The Morgan fingerprint density at radius 2 is 2.00 bits per heavy atom. The highest BCUT2D eigenvalue weighted by atomic mass is 16.2. The van der Waals surface area contributed by atoms with Crippen LogP contribution in [0, 0.1) is 0 Å². The molecule has 0 aromatic heterocycles. The Kier molecular flexibility index (Phi) is 2.33. The molecule has 4 heteroatoms. The van der Waals surface area contributed by atoms with Gasteiger partial charge in [-0.05, 0) is 37.0 Å². The number of amides is 2. The van der Waals surface area contributed by atoms with Crippen molar-refractivity contribution < 1.29 is 4.79 Å². The van der Waals surface area contributed by atoms with E-state index in [0.717, 1.165) is 30.6 Å². The van der Waals surface area contributed by atoms with Crippen molar-refractivity contribution in [3.8, 4) is 0 Å². The van der Waals surface area contributed by atoms with E-state index in [4.69, 9.17) is 5.73 Å². The molecule has 1 spiro atoms. The van der Waals surface area contributed by atoms with Gasteiger partial charge in [0.2, 0.25) is 0 Å². The van der Waals surface area contributed by atoms with Crippen LogP contribution in [0.1, 0.15) is 24.8 Å². The van der Waals surface area contributed by atoms with Crippen LogP contribution in [0.25, 0.3) is 0 Å². The minimum absolute atomic E-state index is 0.0326. The van der Waals surface area contributed by atoms with E-state index in [1.807, 2.05) is 29.2 Å². The molecule has 3 rings (SSSR count). The predicted octanol–water partition coefficient (Wildman–Crippen LogP) is 1.60. The Hall–Kier alpha value is -1.55. The first kappa shape index (κ1) is 10.6. The monoisotopic (exact) mass is 231 g/mol. The summed E-state index contributed by atoms with van der Waals surface area (Å²) in [5, 5.41) is 3.11. The van der Waals surface area contributed by atoms with Gasteiger partial charge in [-0.1, -0.05) is 12.1 Å². The number of nitrogens with zero attached hydrogens (tertiary/aromatic N) is 1. The van der Waals surface area contributed by atoms with E-state index in [2.05, 4.69) is 5.32 Å². The average molecular weight is 231 g/mol. The molecule has 0 radical (unpaired) electrons. The number of anilines is 1. The van der Waals surface area contributed by atoms with Gasteiger partial charge in [0.05, 0.1) is 12.1 Å². The molecule has 2 amide bonds. The molecule has 1 aliphatic heterocycles. The van der Waals surface area contributed by atoms with Crippen LogP contribution in [0.3, 0.4) is 0 Å². The van der Waals surface area contributed by atoms with Gasteiger partial charge in [-0.3, -0.25) is 4.90 Å². The highest BCUT2D eigenvalue weighted by molar-refractivity contribution is 5.95. The van der Waals surface area contributed by atoms with Crippen LogP contribution < -0.4 is 16.0 Å². The number of urea groups is 1. The van der Waals surface area contributed by atoms with Gasteiger partial charge >= 0.3 is 6.03 Å². The zero-order chi connectivity index (χ0) is 11.9. The van der Waals surface area contributed by atoms with Gasteiger partial charge in [-0.15, -0.1) is 0 Å². The number of carbonyl (C=O) groups excluding carboxylic acids is 1. The lowest BCUT2D eigenvalue weighted by Gasteiger charge is -2.37. The molecule has 1 saturated heterocycles. The molecule has 2 fully saturated rings. The topological polar surface area (TPSA) is 58.4 Å². The first-order valence-corrected chi connectivity index (χ1v) is 6.11. The largest absolute Gasteiger partial charge is 0.330 e. The Morgan fingerprint density at radius 1 is 1.29 bits per heavy atom. The molecular weight excluding hydrogens is 214 g/mol. The fourth-order valence-electron chi connectivity index (χ4n) is 2.62. The van der Waals surface area contributed by atoms with E-state index in [1.54, 1.807) is 0 Å². The minimum Gasteiger partial charge on any atom is -0.330 e. The van der Waals surface area contributed by atoms with Crippen molar-refractivity contribution in [2.75, 3.05) is 11.4 Å². The van der Waals surface area contributed by atoms with E-state index in [9.17, 15) is 4.79 Å². The average Bonchev–Trinajstić information content (AvgIpc) is 2.67. The summed E-state index contributed by atoms with van der Waals surface area (Å²) >= 11 is 0. The van der Waals surface area contributed by atoms with Crippen molar-refractivity contribution in [2.24, 2.45) is 5.73 Å². The van der Waals surface area contributed by atoms with E-state index in [-0.39, 0.29) is 11.6 Å². The molecule has 17 heavy (non-hydrogen) atoms. The summed E-state index contributed by atoms with van der Waals surface area (Å²) in [4.78, 5) is 13.8. The van der Waals surface area contributed by atoms with Crippen molar-refractivity contribution in [2.45, 2.75) is 31.3 Å². The van der Waals surface area contributed by atoms with Gasteiger partial charge in [0, 0.05) is 12.2 Å². The third kappa shape index (κ3) is 1.69. The summed E-state index contributed by atoms with van der Waals surface area (Å²) in [7, 11) is 0. The van der Waals surface area contributed by atoms with Crippen molar-refractivity contribution in [1.82, 2.24) is 5.32 Å². The highest BCUT2D eigenvalue weighted by Crippen LogP contribution is 2.37. The maximum absolute atomic E-state index is 11.9. The minimum atomic E-state index is 0.0326. The van der Waals surface area contributed by atoms with Crippen molar-refractivity contribution in [3.63, 3.8) is 0 Å². The predicted molar refractivity (Wildman–Crippen MR) is 66.8 cm³/mol. The third-order valence-corrected chi connectivity index (χ3v) is 3.87. The number of carbonyl (C=O) groups is 1. The maximum atomic E-state index is 11.9. The molecule has 90 valence electrons. The van der Waals surface area contributed by atoms with Crippen LogP contribution in [-0.2, 0) is 6.54 Å². The number of nitrogens with one attached hydrogen (secondary N) is 1. The van der Waals surface area contributed by atoms with Gasteiger partial charge in [0.25, 0.3) is 0 Å². The molecule has 1 aliphatic carbocycles. The van der Waals surface area contributed by atoms with Gasteiger partial charge in [0.1, 0.15) is 0 Å². The zero-order valence-electron chi connectivity index (χ0n) is 9.78. The molecule has 2 aliphatic rings. The van der Waals surface area contributed by atoms with Crippen molar-refractivity contribution in [3.05, 3.63) is 29.8 Å². The second-order valence-corrected chi connectivity index (χ2v) is 5.02. The number of nitrogens with two attached hydrogens (primary N) is 1. The Morgan fingerprint density at radius 3 is 2.47 bits per heavy atom. The summed E-state index contributed by atoms with van der Waals surface area (Å²) in [6.45, 7) is 1.34. The molecule has 3 N–H and O–H groups in total. The Balaban J connectivity index is 1.81. The zero-order valence-corrected chi connectivity index (χ0v) is 9.78. The molecule has 1 heterocycles. The second kappa shape index (κ2) is 3.74. The van der Waals surface area contributed by atoms with Gasteiger partial charge < -0.3 is 11.1 Å². The SMILES string of the molecule is NCc1ccc(N2CC3(CCC3)NC2=O)cc1. The molecule has 1 aromatic carbocycles. The normalized spacial score (nSPS) is 21.5. The van der Waals surface area contributed by atoms with Crippen molar-refractivity contribution >= 4 is 11.7 Å². The lowest BCUT2D eigenvalue weighted by atomic mass is 9.77. The lowest BCUT2D eigenvalue weighted by Crippen LogP contribution is -2.49. The van der Waals surface area contributed by atoms with Crippen LogP contribution in [0.15, 0.2) is 24.3 Å². The van der Waals surface area contributed by atoms with Crippen LogP contribution >= 0.6 is 0 Å². The van der Waals surface area contributed by atoms with Crippen LogP contribution in [0.4, 0.5) is 10.5 Å². The summed E-state index contributed by atoms with van der Waals surface area (Å²) in [6.07, 6.45) is 3.44. The van der Waals surface area contributed by atoms with E-state index < -0.39 is 0 Å². The van der Waals surface area contributed by atoms with Gasteiger partial charge in [-0.2, -0.15) is 0 Å². The fraction of sp³-hybridized carbons (Fsp3) is 0.462. The highest BCUT2D eigenvalue weighted by Gasteiger charge is 2.46. The van der Waals surface area contributed by atoms with Crippen LogP contribution in [0.2, 0.25) is 0 Å². The quantitative estimate of drug-likeness (QED) is 0.812. The first-order chi connectivity index (χ1) is 8.22. The molecular formula is C13H17N3O. The van der Waals surface area contributed by atoms with Gasteiger partial charge in [-0.25, -0.2) is 4.79 Å². The Bertz CT molecular complexity index is 436. The lowest BCUT2D eigenvalue weighted by molar-refractivity contribution is 0.218. The van der Waals surface area contributed by atoms with Gasteiger partial charge in [0.15, 0.2) is 0 Å². The molecule has 1 saturated carbocycles. The Labute approximate surface area is 101 Å². The molecule has 0 unspecified atom stereocenters. The fourth-order valence-corrected chi connectivity index (χ4v) is 2.62. The molecule has 0 atom stereocenters. The summed E-state index contributed by atoms with van der Waals surface area (Å²) in [5.41, 5.74) is 7.67. The smallest absolute Gasteiger partial charge is 0.322 e. The first-order valence-electron chi connectivity index (χ1n) is 6.11. The summed E-state index contributed by atoms with van der Waals surface area (Å²) < 4.78 is 0. The molecule has 4 nitrogen and oxygen atoms in total. The van der Waals surface area contributed by atoms with Crippen LogP contribution in [-0.4, -0.2) is 18.1 Å². The van der Waals surface area contributed by atoms with E-state index >= 15 is 0 Å². The maximum Gasteiger partial charge on any atom is 0.322 e. The summed E-state index contributed by atoms with van der Waals surface area (Å²) in [6, 6.07) is 7.94. The van der Waals surface area contributed by atoms with E-state index in [0.29, 0.717) is 6.54 Å². The summed E-state index contributed by atoms with van der Waals surface area (Å²) in [5.74, 6) is 0. The molecule has 1 aromatic rings. The standard InChI is InChI=1S/C13H17N3O/c14-8-10-2-4-11(5-3-10)16-9-13(6-1-7-13)15-12(16)17/h2-5H,1,6-9,14H2,(H,15,17).